The Morgan fingerprint density at radius 1 is 1.09 bits per heavy atom. The van der Waals surface area contributed by atoms with E-state index < -0.39 is 0 Å². The van der Waals surface area contributed by atoms with Gasteiger partial charge >= 0.3 is 0 Å². The molecule has 0 unspecified atom stereocenters. The zero-order valence-electron chi connectivity index (χ0n) is 11.2. The third kappa shape index (κ3) is 2.86. The molecule has 0 radical (unpaired) electrons. The Labute approximate surface area is 136 Å². The van der Waals surface area contributed by atoms with Crippen LogP contribution >= 0.6 is 23.4 Å². The Morgan fingerprint density at radius 2 is 1.82 bits per heavy atom. The van der Waals surface area contributed by atoms with Gasteiger partial charge in [-0.3, -0.25) is 9.59 Å². The number of anilines is 1. The lowest BCUT2D eigenvalue weighted by Crippen LogP contribution is -2.27. The first-order chi connectivity index (χ1) is 10.5. The minimum atomic E-state index is -0.388. The molecule has 0 saturated carbocycles. The summed E-state index contributed by atoms with van der Waals surface area (Å²) in [6, 6.07) is 12.9. The number of thioether (sulfide) groups is 1. The predicted octanol–water partition coefficient (Wildman–Crippen LogP) is 4.29. The van der Waals surface area contributed by atoms with Crippen LogP contribution in [0, 0.1) is 0 Å². The lowest BCUT2D eigenvalue weighted by atomic mass is 10.2. The van der Waals surface area contributed by atoms with Crippen molar-refractivity contribution in [3.8, 4) is 5.75 Å². The summed E-state index contributed by atoms with van der Waals surface area (Å²) in [6.07, 6.45) is 1.64. The van der Waals surface area contributed by atoms with Crippen LogP contribution in [-0.4, -0.2) is 16.3 Å². The highest BCUT2D eigenvalue weighted by Gasteiger charge is 2.36. The molecule has 1 saturated heterocycles. The molecule has 2 aromatic carbocycles. The lowest BCUT2D eigenvalue weighted by Gasteiger charge is -2.12. The molecule has 110 valence electrons. The molecule has 6 heteroatoms. The van der Waals surface area contributed by atoms with Crippen molar-refractivity contribution in [2.24, 2.45) is 0 Å². The number of amides is 2. The maximum absolute atomic E-state index is 12.4. The van der Waals surface area contributed by atoms with Crippen molar-refractivity contribution < 1.29 is 14.7 Å². The minimum Gasteiger partial charge on any atom is -0.508 e. The highest BCUT2D eigenvalue weighted by Crippen LogP contribution is 2.36. The van der Waals surface area contributed by atoms with Gasteiger partial charge in [0.25, 0.3) is 11.1 Å². The Balaban J connectivity index is 1.93. The molecule has 0 atom stereocenters. The molecule has 1 aliphatic rings. The maximum Gasteiger partial charge on any atom is 0.298 e. The molecule has 1 fully saturated rings. The van der Waals surface area contributed by atoms with Gasteiger partial charge in [-0.15, -0.1) is 0 Å². The van der Waals surface area contributed by atoms with Gasteiger partial charge in [0.15, 0.2) is 0 Å². The summed E-state index contributed by atoms with van der Waals surface area (Å²) in [6.45, 7) is 0. The van der Waals surface area contributed by atoms with Crippen LogP contribution in [0.25, 0.3) is 6.08 Å². The van der Waals surface area contributed by atoms with Gasteiger partial charge in [0.1, 0.15) is 5.75 Å². The highest BCUT2D eigenvalue weighted by molar-refractivity contribution is 8.19. The number of phenolic OH excluding ortho intramolecular Hbond substituents is 1. The van der Waals surface area contributed by atoms with E-state index in [1.165, 1.54) is 24.3 Å². The Kier molecular flexibility index (Phi) is 3.92. The minimum absolute atomic E-state index is 0.0743. The van der Waals surface area contributed by atoms with E-state index in [2.05, 4.69) is 0 Å². The topological polar surface area (TPSA) is 57.6 Å². The molecule has 4 nitrogen and oxygen atoms in total. The first-order valence-corrected chi connectivity index (χ1v) is 7.56. The van der Waals surface area contributed by atoms with Crippen molar-refractivity contribution in [2.75, 3.05) is 4.90 Å². The van der Waals surface area contributed by atoms with Gasteiger partial charge in [-0.25, -0.2) is 4.90 Å². The van der Waals surface area contributed by atoms with Gasteiger partial charge in [-0.2, -0.15) is 0 Å². The molecule has 22 heavy (non-hydrogen) atoms. The van der Waals surface area contributed by atoms with Crippen LogP contribution in [0.5, 0.6) is 5.75 Å². The molecule has 0 spiro atoms. The van der Waals surface area contributed by atoms with Gasteiger partial charge in [-0.05, 0) is 59.8 Å². The van der Waals surface area contributed by atoms with Crippen LogP contribution in [0.15, 0.2) is 53.4 Å². The van der Waals surface area contributed by atoms with Gasteiger partial charge in [0, 0.05) is 5.02 Å². The van der Waals surface area contributed by atoms with Crippen molar-refractivity contribution >= 4 is 46.3 Å². The number of rotatable bonds is 2. The number of benzene rings is 2. The quantitative estimate of drug-likeness (QED) is 0.834. The fraction of sp³-hybridized carbons (Fsp3) is 0. The summed E-state index contributed by atoms with van der Waals surface area (Å²) >= 11 is 6.79. The first kappa shape index (κ1) is 14.7. The van der Waals surface area contributed by atoms with Crippen LogP contribution in [0.1, 0.15) is 5.56 Å². The number of aromatic hydroxyl groups is 1. The molecule has 0 bridgehead atoms. The van der Waals surface area contributed by atoms with Gasteiger partial charge in [-0.1, -0.05) is 23.7 Å². The number of phenols is 1. The van der Waals surface area contributed by atoms with Gasteiger partial charge in [0.2, 0.25) is 0 Å². The average molecular weight is 332 g/mol. The number of carbonyl (C=O) groups is 2. The normalized spacial score (nSPS) is 16.6. The van der Waals surface area contributed by atoms with E-state index >= 15 is 0 Å². The second-order valence-electron chi connectivity index (χ2n) is 4.59. The average Bonchev–Trinajstić information content (AvgIpc) is 2.75. The van der Waals surface area contributed by atoms with E-state index in [0.29, 0.717) is 15.6 Å². The monoisotopic (exact) mass is 331 g/mol. The van der Waals surface area contributed by atoms with Crippen LogP contribution in [-0.2, 0) is 4.79 Å². The summed E-state index contributed by atoms with van der Waals surface area (Å²) in [5, 5.41) is 9.48. The summed E-state index contributed by atoms with van der Waals surface area (Å²) in [5.74, 6) is -0.314. The smallest absolute Gasteiger partial charge is 0.298 e. The SMILES string of the molecule is O=C1S/C(=C\c2cccc(Cl)c2)C(=O)N1c1ccc(O)cc1. The Morgan fingerprint density at radius 3 is 2.50 bits per heavy atom. The summed E-state index contributed by atoms with van der Waals surface area (Å²) < 4.78 is 0. The molecule has 1 N–H and O–H groups in total. The third-order valence-corrected chi connectivity index (χ3v) is 4.15. The predicted molar refractivity (Wildman–Crippen MR) is 88.0 cm³/mol. The number of hydrogen-bond acceptors (Lipinski definition) is 4. The molecule has 2 aromatic rings. The van der Waals surface area contributed by atoms with Crippen molar-refractivity contribution in [3.05, 3.63) is 64.0 Å². The lowest BCUT2D eigenvalue weighted by molar-refractivity contribution is -0.113. The van der Waals surface area contributed by atoms with Gasteiger partial charge < -0.3 is 5.11 Å². The molecule has 0 aliphatic carbocycles. The van der Waals surface area contributed by atoms with E-state index in [-0.39, 0.29) is 16.9 Å². The number of halogens is 1. The summed E-state index contributed by atoms with van der Waals surface area (Å²) in [5.41, 5.74) is 1.18. The molecule has 2 amide bonds. The second kappa shape index (κ2) is 5.87. The van der Waals surface area contributed by atoms with Crippen molar-refractivity contribution in [3.63, 3.8) is 0 Å². The fourth-order valence-corrected chi connectivity index (χ4v) is 3.08. The van der Waals surface area contributed by atoms with Crippen molar-refractivity contribution in [1.29, 1.82) is 0 Å². The van der Waals surface area contributed by atoms with E-state index in [9.17, 15) is 14.7 Å². The second-order valence-corrected chi connectivity index (χ2v) is 6.02. The van der Waals surface area contributed by atoms with Gasteiger partial charge in [0.05, 0.1) is 10.6 Å². The summed E-state index contributed by atoms with van der Waals surface area (Å²) in [4.78, 5) is 25.9. The number of carbonyl (C=O) groups excluding carboxylic acids is 2. The third-order valence-electron chi connectivity index (χ3n) is 3.05. The Bertz CT molecular complexity index is 786. The molecular weight excluding hydrogens is 322 g/mol. The zero-order valence-corrected chi connectivity index (χ0v) is 12.8. The molecule has 1 aliphatic heterocycles. The number of hydrogen-bond donors (Lipinski definition) is 1. The first-order valence-electron chi connectivity index (χ1n) is 6.37. The van der Waals surface area contributed by atoms with Crippen LogP contribution in [0.4, 0.5) is 10.5 Å². The zero-order chi connectivity index (χ0) is 15.7. The Hall–Kier alpha value is -2.24. The van der Waals surface area contributed by atoms with Crippen LogP contribution < -0.4 is 4.90 Å². The van der Waals surface area contributed by atoms with E-state index in [0.717, 1.165) is 22.2 Å². The molecular formula is C16H10ClNO3S. The summed E-state index contributed by atoms with van der Waals surface area (Å²) in [7, 11) is 0. The number of imide groups is 1. The van der Waals surface area contributed by atoms with Crippen molar-refractivity contribution in [1.82, 2.24) is 0 Å². The van der Waals surface area contributed by atoms with Crippen LogP contribution in [0.2, 0.25) is 5.02 Å². The van der Waals surface area contributed by atoms with E-state index in [1.807, 2.05) is 0 Å². The molecule has 0 aromatic heterocycles. The fourth-order valence-electron chi connectivity index (χ4n) is 2.04. The van der Waals surface area contributed by atoms with E-state index in [1.54, 1.807) is 30.3 Å². The van der Waals surface area contributed by atoms with E-state index in [4.69, 9.17) is 11.6 Å². The largest absolute Gasteiger partial charge is 0.508 e. The highest BCUT2D eigenvalue weighted by atomic mass is 35.5. The maximum atomic E-state index is 12.4. The molecule has 1 heterocycles. The van der Waals surface area contributed by atoms with Crippen molar-refractivity contribution in [2.45, 2.75) is 0 Å². The number of nitrogens with zero attached hydrogens (tertiary/aromatic N) is 1. The molecule has 3 rings (SSSR count). The van der Waals surface area contributed by atoms with Crippen LogP contribution in [0.3, 0.4) is 0 Å². The standard InChI is InChI=1S/C16H10ClNO3S/c17-11-3-1-2-10(8-11)9-14-15(20)18(16(21)22-14)12-4-6-13(19)7-5-12/h1-9,19H/b14-9-.